The molecule has 13 heavy (non-hydrogen) atoms. The van der Waals surface area contributed by atoms with Crippen molar-refractivity contribution in [1.82, 2.24) is 0 Å². The van der Waals surface area contributed by atoms with E-state index >= 15 is 0 Å². The molecule has 1 aliphatic heterocycles. The van der Waals surface area contributed by atoms with Gasteiger partial charge >= 0.3 is 0 Å². The Hall–Kier alpha value is -1.37. The molecular weight excluding hydrogens is 158 g/mol. The predicted molar refractivity (Wildman–Crippen MR) is 55.9 cm³/mol. The second kappa shape index (κ2) is 3.56. The van der Waals surface area contributed by atoms with Crippen LogP contribution in [-0.2, 0) is 0 Å². The van der Waals surface area contributed by atoms with Gasteiger partial charge in [-0.2, -0.15) is 0 Å². The van der Waals surface area contributed by atoms with Crippen molar-refractivity contribution in [3.8, 4) is 0 Å². The van der Waals surface area contributed by atoms with E-state index in [1.807, 2.05) is 12.3 Å². The lowest BCUT2D eigenvalue weighted by Crippen LogP contribution is -2.08. The van der Waals surface area contributed by atoms with Crippen LogP contribution in [0, 0.1) is 5.92 Å². The van der Waals surface area contributed by atoms with E-state index in [2.05, 4.69) is 42.3 Å². The van der Waals surface area contributed by atoms with Crippen molar-refractivity contribution in [3.05, 3.63) is 48.2 Å². The largest absolute Gasteiger partial charge is 0.261 e. The maximum absolute atomic E-state index is 4.39. The van der Waals surface area contributed by atoms with Crippen LogP contribution in [0.3, 0.4) is 0 Å². The second-order valence-electron chi connectivity index (χ2n) is 3.46. The minimum atomic E-state index is 0.618. The molecule has 0 radical (unpaired) electrons. The summed E-state index contributed by atoms with van der Waals surface area (Å²) in [6.45, 7) is 2.22. The molecule has 1 unspecified atom stereocenters. The summed E-state index contributed by atoms with van der Waals surface area (Å²) in [5.41, 5.74) is 2.45. The summed E-state index contributed by atoms with van der Waals surface area (Å²) < 4.78 is 0. The van der Waals surface area contributed by atoms with Crippen molar-refractivity contribution in [2.24, 2.45) is 10.9 Å². The quantitative estimate of drug-likeness (QED) is 0.616. The number of aliphatic imine (C=N–C) groups is 1. The molecule has 1 aromatic rings. The first kappa shape index (κ1) is 8.24. The van der Waals surface area contributed by atoms with Gasteiger partial charge in [0.25, 0.3) is 0 Å². The van der Waals surface area contributed by atoms with E-state index in [0.29, 0.717) is 5.92 Å². The van der Waals surface area contributed by atoms with E-state index in [4.69, 9.17) is 0 Å². The Morgan fingerprint density at radius 1 is 1.23 bits per heavy atom. The second-order valence-corrected chi connectivity index (χ2v) is 3.46. The predicted octanol–water partition coefficient (Wildman–Crippen LogP) is 3.03. The van der Waals surface area contributed by atoms with Crippen LogP contribution in [-0.4, -0.2) is 5.71 Å². The summed E-state index contributed by atoms with van der Waals surface area (Å²) in [6, 6.07) is 10.4. The summed E-state index contributed by atoms with van der Waals surface area (Å²) in [5, 5.41) is 0. The number of hydrogen-bond acceptors (Lipinski definition) is 1. The molecule has 1 aliphatic rings. The van der Waals surface area contributed by atoms with Crippen LogP contribution >= 0.6 is 0 Å². The Morgan fingerprint density at radius 2 is 2.00 bits per heavy atom. The Morgan fingerprint density at radius 3 is 2.69 bits per heavy atom. The van der Waals surface area contributed by atoms with Crippen LogP contribution in [0.1, 0.15) is 18.9 Å². The van der Waals surface area contributed by atoms with E-state index in [1.54, 1.807) is 0 Å². The fraction of sp³-hybridized carbons (Fsp3) is 0.250. The van der Waals surface area contributed by atoms with E-state index in [9.17, 15) is 0 Å². The number of allylic oxidation sites excluding steroid dienone is 1. The third kappa shape index (κ3) is 1.86. The molecule has 1 nitrogen and oxygen atoms in total. The fourth-order valence-electron chi connectivity index (χ4n) is 1.53. The molecule has 1 heteroatoms. The Labute approximate surface area is 78.8 Å². The maximum atomic E-state index is 4.39. The van der Waals surface area contributed by atoms with Crippen molar-refractivity contribution < 1.29 is 0 Å². The molecule has 0 aromatic heterocycles. The van der Waals surface area contributed by atoms with Gasteiger partial charge in [0.1, 0.15) is 0 Å². The van der Waals surface area contributed by atoms with E-state index in [0.717, 1.165) is 6.42 Å². The molecule has 0 amide bonds. The summed E-state index contributed by atoms with van der Waals surface area (Å²) in [4.78, 5) is 4.39. The van der Waals surface area contributed by atoms with Gasteiger partial charge in [-0.1, -0.05) is 43.3 Å². The molecule has 66 valence electrons. The third-order valence-corrected chi connectivity index (χ3v) is 2.27. The van der Waals surface area contributed by atoms with Gasteiger partial charge in [-0.3, -0.25) is 4.99 Å². The summed E-state index contributed by atoms with van der Waals surface area (Å²) in [6.07, 6.45) is 5.11. The van der Waals surface area contributed by atoms with Crippen LogP contribution in [0.2, 0.25) is 0 Å². The molecule has 0 aliphatic carbocycles. The lowest BCUT2D eigenvalue weighted by Gasteiger charge is -2.12. The minimum Gasteiger partial charge on any atom is -0.261 e. The van der Waals surface area contributed by atoms with Crippen LogP contribution in [0.15, 0.2) is 47.6 Å². The van der Waals surface area contributed by atoms with Crippen molar-refractivity contribution in [3.63, 3.8) is 0 Å². The van der Waals surface area contributed by atoms with Gasteiger partial charge in [0.05, 0.1) is 0 Å². The summed E-state index contributed by atoms with van der Waals surface area (Å²) in [5.74, 6) is 0.618. The molecule has 0 spiro atoms. The molecule has 0 bridgehead atoms. The first-order valence-corrected chi connectivity index (χ1v) is 4.65. The van der Waals surface area contributed by atoms with Gasteiger partial charge in [-0.25, -0.2) is 0 Å². The highest BCUT2D eigenvalue weighted by Crippen LogP contribution is 2.16. The summed E-state index contributed by atoms with van der Waals surface area (Å²) in [7, 11) is 0. The Balaban J connectivity index is 2.28. The van der Waals surface area contributed by atoms with E-state index < -0.39 is 0 Å². The zero-order valence-corrected chi connectivity index (χ0v) is 7.77. The van der Waals surface area contributed by atoms with E-state index in [1.165, 1.54) is 11.3 Å². The highest BCUT2D eigenvalue weighted by molar-refractivity contribution is 6.01. The molecule has 0 saturated carbocycles. The topological polar surface area (TPSA) is 12.4 Å². The minimum absolute atomic E-state index is 0.618. The monoisotopic (exact) mass is 171 g/mol. The average molecular weight is 171 g/mol. The average Bonchev–Trinajstić information content (AvgIpc) is 2.19. The SMILES string of the molecule is CC1C=CN=C(c2ccccc2)C1. The molecule has 0 saturated heterocycles. The molecule has 1 aromatic carbocycles. The zero-order valence-electron chi connectivity index (χ0n) is 7.77. The number of benzene rings is 1. The van der Waals surface area contributed by atoms with Gasteiger partial charge in [0, 0.05) is 11.9 Å². The van der Waals surface area contributed by atoms with Crippen molar-refractivity contribution in [2.45, 2.75) is 13.3 Å². The molecule has 0 N–H and O–H groups in total. The Bertz CT molecular complexity index is 335. The third-order valence-electron chi connectivity index (χ3n) is 2.27. The van der Waals surface area contributed by atoms with Crippen LogP contribution < -0.4 is 0 Å². The molecular formula is C12H13N. The van der Waals surface area contributed by atoms with Gasteiger partial charge in [0.15, 0.2) is 0 Å². The first-order chi connectivity index (χ1) is 6.36. The highest BCUT2D eigenvalue weighted by atomic mass is 14.7. The van der Waals surface area contributed by atoms with Crippen molar-refractivity contribution in [2.75, 3.05) is 0 Å². The molecule has 2 rings (SSSR count). The molecule has 0 fully saturated rings. The number of rotatable bonds is 1. The molecule has 1 heterocycles. The highest BCUT2D eigenvalue weighted by Gasteiger charge is 2.09. The van der Waals surface area contributed by atoms with Gasteiger partial charge in [-0.05, 0) is 17.9 Å². The van der Waals surface area contributed by atoms with Crippen LogP contribution in [0.4, 0.5) is 0 Å². The van der Waals surface area contributed by atoms with Crippen molar-refractivity contribution in [1.29, 1.82) is 0 Å². The summed E-state index contributed by atoms with van der Waals surface area (Å²) >= 11 is 0. The van der Waals surface area contributed by atoms with Crippen LogP contribution in [0.25, 0.3) is 0 Å². The van der Waals surface area contributed by atoms with Crippen molar-refractivity contribution >= 4 is 5.71 Å². The van der Waals surface area contributed by atoms with Crippen LogP contribution in [0.5, 0.6) is 0 Å². The lowest BCUT2D eigenvalue weighted by atomic mass is 9.97. The normalized spacial score (nSPS) is 21.3. The zero-order chi connectivity index (χ0) is 9.10. The van der Waals surface area contributed by atoms with E-state index in [-0.39, 0.29) is 0 Å². The molecule has 1 atom stereocenters. The first-order valence-electron chi connectivity index (χ1n) is 4.65. The standard InChI is InChI=1S/C12H13N/c1-10-7-8-13-12(9-10)11-5-3-2-4-6-11/h2-8,10H,9H2,1H3. The fourth-order valence-corrected chi connectivity index (χ4v) is 1.53. The van der Waals surface area contributed by atoms with Gasteiger partial charge in [-0.15, -0.1) is 0 Å². The number of nitrogens with zero attached hydrogens (tertiary/aromatic N) is 1. The number of hydrogen-bond donors (Lipinski definition) is 0. The lowest BCUT2D eigenvalue weighted by molar-refractivity contribution is 0.756. The van der Waals surface area contributed by atoms with Gasteiger partial charge in [0.2, 0.25) is 0 Å². The smallest absolute Gasteiger partial charge is 0.0481 e. The maximum Gasteiger partial charge on any atom is 0.0481 e. The van der Waals surface area contributed by atoms with Gasteiger partial charge < -0.3 is 0 Å². The Kier molecular flexibility index (Phi) is 2.26.